The number of benzene rings is 2. The van der Waals surface area contributed by atoms with Crippen LogP contribution in [0.1, 0.15) is 51.7 Å². The molecule has 1 aliphatic rings. The van der Waals surface area contributed by atoms with Gasteiger partial charge in [0.15, 0.2) is 0 Å². The van der Waals surface area contributed by atoms with Crippen molar-refractivity contribution in [1.82, 2.24) is 4.72 Å². The number of halogens is 2. The van der Waals surface area contributed by atoms with Gasteiger partial charge in [0.05, 0.1) is 12.1 Å². The van der Waals surface area contributed by atoms with E-state index in [-0.39, 0.29) is 12.2 Å². The lowest BCUT2D eigenvalue weighted by atomic mass is 10.1. The van der Waals surface area contributed by atoms with Crippen LogP contribution in [0.2, 0.25) is 0 Å². The quantitative estimate of drug-likeness (QED) is 0.259. The Morgan fingerprint density at radius 2 is 1.43 bits per heavy atom. The van der Waals surface area contributed by atoms with Crippen LogP contribution in [0.15, 0.2) is 60.7 Å². The highest BCUT2D eigenvalue weighted by Gasteiger charge is 2.31. The molecule has 40 heavy (non-hydrogen) atoms. The van der Waals surface area contributed by atoms with Gasteiger partial charge in [-0.15, -0.1) is 12.4 Å². The minimum Gasteiger partial charge on any atom is -0.434 e. The van der Waals surface area contributed by atoms with E-state index in [4.69, 9.17) is 5.26 Å². The normalized spacial score (nSPS) is 13.9. The van der Waals surface area contributed by atoms with Crippen LogP contribution in [0.3, 0.4) is 0 Å². The van der Waals surface area contributed by atoms with E-state index < -0.39 is 20.8 Å². The van der Waals surface area contributed by atoms with E-state index in [1.807, 2.05) is 35.1 Å². The van der Waals surface area contributed by atoms with Crippen LogP contribution >= 0.6 is 0 Å². The van der Waals surface area contributed by atoms with Crippen LogP contribution in [-0.4, -0.2) is 50.4 Å². The molecular formula is C27H40F2N5O4S2+. The van der Waals surface area contributed by atoms with Gasteiger partial charge in [-0.1, -0.05) is 75.2 Å². The third-order valence-corrected chi connectivity index (χ3v) is 6.71. The molecule has 9 nitrogen and oxygen atoms in total. The summed E-state index contributed by atoms with van der Waals surface area (Å²) in [4.78, 5) is 0. The monoisotopic (exact) mass is 600 g/mol. The van der Waals surface area contributed by atoms with E-state index in [0.29, 0.717) is 16.4 Å². The van der Waals surface area contributed by atoms with Crippen molar-refractivity contribution >= 4 is 33.8 Å². The van der Waals surface area contributed by atoms with Crippen molar-refractivity contribution in [2.45, 2.75) is 65.5 Å². The molecule has 2 atom stereocenters. The maximum absolute atomic E-state index is 12.3. The Labute approximate surface area is 238 Å². The number of hydrogen-bond donors (Lipinski definition) is 2. The predicted molar refractivity (Wildman–Crippen MR) is 153 cm³/mol. The molecular weight excluding hydrogens is 560 g/mol. The molecule has 2 aromatic rings. The summed E-state index contributed by atoms with van der Waals surface area (Å²) in [6, 6.07) is 22.1. The predicted octanol–water partition coefficient (Wildman–Crippen LogP) is 3.27. The Hall–Kier alpha value is -3.31. The highest BCUT2D eigenvalue weighted by molar-refractivity contribution is 7.84. The fraction of sp³-hybridized carbons (Fsp3) is 0.370. The summed E-state index contributed by atoms with van der Waals surface area (Å²) in [6.45, 7) is 11.4. The molecule has 0 aliphatic carbocycles. The van der Waals surface area contributed by atoms with Gasteiger partial charge in [0.1, 0.15) is 6.21 Å². The van der Waals surface area contributed by atoms with Crippen LogP contribution < -0.4 is 10.5 Å². The van der Waals surface area contributed by atoms with Gasteiger partial charge in [-0.25, -0.2) is 0 Å². The maximum atomic E-state index is 12.3. The highest BCUT2D eigenvalue weighted by atomic mass is 32.3. The summed E-state index contributed by atoms with van der Waals surface area (Å²) in [5, 5.41) is 7.32. The second-order valence-corrected chi connectivity index (χ2v) is 11.2. The number of nitriles is 1. The zero-order valence-corrected chi connectivity index (χ0v) is 25.0. The Bertz CT molecular complexity index is 1300. The third kappa shape index (κ3) is 18.1. The van der Waals surface area contributed by atoms with Gasteiger partial charge in [-0.05, 0) is 51.2 Å². The molecule has 0 fully saturated rings. The molecule has 13 heteroatoms. The third-order valence-electron chi connectivity index (χ3n) is 5.17. The van der Waals surface area contributed by atoms with Gasteiger partial charge in [0.25, 0.3) is 0 Å². The number of aryl methyl sites for hydroxylation is 2. The molecule has 0 bridgehead atoms. The summed E-state index contributed by atoms with van der Waals surface area (Å²) < 4.78 is 69.4. The number of nitrogens with one attached hydrogen (secondary N) is 1. The maximum Gasteiger partial charge on any atom is 0.536 e. The lowest BCUT2D eigenvalue weighted by Gasteiger charge is -2.09. The van der Waals surface area contributed by atoms with Crippen LogP contribution in [-0.2, 0) is 33.7 Å². The molecule has 3 rings (SSSR count). The van der Waals surface area contributed by atoms with Gasteiger partial charge in [0, 0.05) is 25.9 Å². The van der Waals surface area contributed by atoms with Gasteiger partial charge in [0.2, 0.25) is 6.17 Å². The van der Waals surface area contributed by atoms with E-state index in [2.05, 4.69) is 49.7 Å². The number of rotatable bonds is 9. The highest BCUT2D eigenvalue weighted by Crippen LogP contribution is 2.14. The van der Waals surface area contributed by atoms with Crippen LogP contribution in [0.4, 0.5) is 7.77 Å². The van der Waals surface area contributed by atoms with Crippen molar-refractivity contribution in [1.29, 1.82) is 5.26 Å². The molecule has 0 aromatic heterocycles. The molecule has 1 heterocycles. The van der Waals surface area contributed by atoms with E-state index in [0.717, 1.165) is 24.6 Å². The molecule has 0 amide bonds. The number of quaternary nitrogens is 1. The molecule has 0 radical (unpaired) electrons. The van der Waals surface area contributed by atoms with Crippen molar-refractivity contribution in [3.63, 3.8) is 0 Å². The first-order valence-electron chi connectivity index (χ1n) is 12.4. The SMILES string of the molecule is C=[N+]1[CH-]C=[N+](S(=O)(=O)F)[C-]1C.CC#N.CC(CCc1ccccc1)NS(=O)(=O)F.CC([NH3+])CCc1ccccc1. The number of nitrogens with zero attached hydrogens (tertiary/aromatic N) is 3. The first kappa shape index (κ1) is 36.7. The van der Waals surface area contributed by atoms with Gasteiger partial charge >= 0.3 is 20.8 Å². The second-order valence-electron chi connectivity index (χ2n) is 8.89. The first-order valence-corrected chi connectivity index (χ1v) is 15.1. The smallest absolute Gasteiger partial charge is 0.434 e. The zero-order chi connectivity index (χ0) is 30.8. The molecule has 2 aromatic carbocycles. The Morgan fingerprint density at radius 1 is 1.00 bits per heavy atom. The molecule has 222 valence electrons. The molecule has 1 aliphatic heterocycles. The Balaban J connectivity index is 0.000000551. The van der Waals surface area contributed by atoms with E-state index in [1.165, 1.54) is 37.0 Å². The van der Waals surface area contributed by atoms with E-state index in [9.17, 15) is 24.6 Å². The van der Waals surface area contributed by atoms with Crippen LogP contribution in [0.25, 0.3) is 0 Å². The van der Waals surface area contributed by atoms with Crippen molar-refractivity contribution in [3.05, 3.63) is 84.5 Å². The summed E-state index contributed by atoms with van der Waals surface area (Å²) >= 11 is 0. The lowest BCUT2D eigenvalue weighted by molar-refractivity contribution is -0.585. The Kier molecular flexibility index (Phi) is 17.3. The van der Waals surface area contributed by atoms with Crippen LogP contribution in [0, 0.1) is 24.0 Å². The van der Waals surface area contributed by atoms with Crippen LogP contribution in [0.5, 0.6) is 0 Å². The second kappa shape index (κ2) is 18.9. The lowest BCUT2D eigenvalue weighted by Crippen LogP contribution is -2.59. The fourth-order valence-electron chi connectivity index (χ4n) is 3.10. The average Bonchev–Trinajstić information content (AvgIpc) is 3.21. The number of hydrogen-bond acceptors (Lipinski definition) is 5. The summed E-state index contributed by atoms with van der Waals surface area (Å²) in [7, 11) is -9.23. The average molecular weight is 601 g/mol. The Morgan fingerprint density at radius 3 is 1.73 bits per heavy atom. The van der Waals surface area contributed by atoms with Crippen molar-refractivity contribution in [2.24, 2.45) is 0 Å². The molecule has 0 saturated carbocycles. The van der Waals surface area contributed by atoms with Gasteiger partial charge in [-0.3, -0.25) is 0 Å². The summed E-state index contributed by atoms with van der Waals surface area (Å²) in [6.07, 6.45) is 4.96. The van der Waals surface area contributed by atoms with Crippen molar-refractivity contribution in [2.75, 3.05) is 0 Å². The summed E-state index contributed by atoms with van der Waals surface area (Å²) in [5.74, 6) is 0. The topological polar surface area (TPSA) is 138 Å². The van der Waals surface area contributed by atoms with Crippen molar-refractivity contribution in [3.8, 4) is 6.07 Å². The molecule has 4 N–H and O–H groups in total. The van der Waals surface area contributed by atoms with Gasteiger partial charge < -0.3 is 10.3 Å². The molecule has 0 spiro atoms. The summed E-state index contributed by atoms with van der Waals surface area (Å²) in [5.41, 5.74) is 6.49. The standard InChI is InChI=1S/C10H14FNO2S.C10H15N.C5H7FN2O2S.C2H3N/c1-9(12-15(11,13)14)7-8-10-5-3-2-4-6-10;1-9(11)7-8-10-5-3-2-4-6-10;1-5-7(2)3-4-8(5)11(6,9)10;1-2-3/h2-6,9,12H,7-8H2,1H3;2-6,9H,7-8,11H2,1H3;3-4H,2H2,1H3;1H3/p+1. The van der Waals surface area contributed by atoms with E-state index in [1.54, 1.807) is 13.0 Å². The zero-order valence-electron chi connectivity index (χ0n) is 23.4. The molecule has 0 saturated heterocycles. The van der Waals surface area contributed by atoms with Crippen molar-refractivity contribution < 1.29 is 38.9 Å². The largest absolute Gasteiger partial charge is 0.536 e. The minimum absolute atomic E-state index is 0.215. The van der Waals surface area contributed by atoms with E-state index >= 15 is 0 Å². The van der Waals surface area contributed by atoms with Gasteiger partial charge in [-0.2, -0.15) is 18.4 Å². The first-order chi connectivity index (χ1) is 18.6. The fourth-order valence-corrected chi connectivity index (χ4v) is 4.32. The minimum atomic E-state index is -4.66. The molecule has 2 unspecified atom stereocenters.